The van der Waals surface area contributed by atoms with Crippen LogP contribution in [0, 0.1) is 0 Å². The lowest BCUT2D eigenvalue weighted by Gasteiger charge is -2.39. The molecule has 6 N–H and O–H groups in total. The molecule has 0 radical (unpaired) electrons. The fourth-order valence-electron chi connectivity index (χ4n) is 3.38. The summed E-state index contributed by atoms with van der Waals surface area (Å²) >= 11 is 0. The van der Waals surface area contributed by atoms with Gasteiger partial charge in [-0.25, -0.2) is 0 Å². The van der Waals surface area contributed by atoms with Crippen LogP contribution in [0.5, 0.6) is 17.2 Å². The van der Waals surface area contributed by atoms with Crippen molar-refractivity contribution in [3.63, 3.8) is 0 Å². The van der Waals surface area contributed by atoms with Crippen LogP contribution in [0.1, 0.15) is 0 Å². The number of ether oxygens (including phenoxy) is 2. The molecule has 164 valence electrons. The zero-order chi connectivity index (χ0) is 22.3. The first-order valence-corrected chi connectivity index (χ1v) is 9.36. The van der Waals surface area contributed by atoms with Crippen LogP contribution in [0.4, 0.5) is 0 Å². The second-order valence-electron chi connectivity index (χ2n) is 7.15. The zero-order valence-electron chi connectivity index (χ0n) is 16.0. The number of aliphatic hydroxyl groups is 4. The Labute approximate surface area is 174 Å². The van der Waals surface area contributed by atoms with Crippen molar-refractivity contribution < 1.29 is 44.5 Å². The molecule has 0 bridgehead atoms. The highest BCUT2D eigenvalue weighted by atomic mass is 16.7. The molecule has 5 atom stereocenters. The Morgan fingerprint density at radius 3 is 2.32 bits per heavy atom. The fraction of sp³-hybridized carbons (Fsp3) is 0.286. The van der Waals surface area contributed by atoms with Gasteiger partial charge in [-0.1, -0.05) is 0 Å². The van der Waals surface area contributed by atoms with E-state index in [9.17, 15) is 35.4 Å². The third-order valence-electron chi connectivity index (χ3n) is 5.04. The second kappa shape index (κ2) is 8.17. The Balaban J connectivity index is 1.71. The standard InChI is InChI=1S/C21H20O10/c22-8-16-18(26)19(27)20(28)21(31-16)29-11-5-12(24)17-13(25)7-14(30-15(17)6-11)9-1-3-10(23)4-2-9/h1-7,16,18-24,26-28H,8H2/t16-,18-,19+,20?,21-/m1/s1. The number of aliphatic hydroxyl groups excluding tert-OH is 4. The van der Waals surface area contributed by atoms with E-state index in [0.717, 1.165) is 6.07 Å². The maximum absolute atomic E-state index is 12.5. The molecule has 0 saturated carbocycles. The summed E-state index contributed by atoms with van der Waals surface area (Å²) in [6.07, 6.45) is -7.47. The molecule has 3 aromatic rings. The van der Waals surface area contributed by atoms with Crippen molar-refractivity contribution in [2.24, 2.45) is 0 Å². The van der Waals surface area contributed by atoms with Gasteiger partial charge in [-0.3, -0.25) is 4.79 Å². The molecule has 1 saturated heterocycles. The summed E-state index contributed by atoms with van der Waals surface area (Å²) in [6.45, 7) is -0.626. The van der Waals surface area contributed by atoms with Crippen molar-refractivity contribution in [2.75, 3.05) is 6.61 Å². The molecule has 1 fully saturated rings. The number of phenols is 2. The molecular formula is C21H20O10. The summed E-state index contributed by atoms with van der Waals surface area (Å²) in [5.41, 5.74) is -0.0204. The highest BCUT2D eigenvalue weighted by Gasteiger charge is 2.44. The van der Waals surface area contributed by atoms with Crippen molar-refractivity contribution in [1.29, 1.82) is 0 Å². The molecule has 0 spiro atoms. The molecule has 4 rings (SSSR count). The van der Waals surface area contributed by atoms with E-state index in [1.165, 1.54) is 24.3 Å². The fourth-order valence-corrected chi connectivity index (χ4v) is 3.38. The lowest BCUT2D eigenvalue weighted by molar-refractivity contribution is -0.277. The second-order valence-corrected chi connectivity index (χ2v) is 7.15. The molecule has 2 heterocycles. The van der Waals surface area contributed by atoms with Crippen LogP contribution in [0.2, 0.25) is 0 Å². The van der Waals surface area contributed by atoms with E-state index in [0.29, 0.717) is 5.56 Å². The van der Waals surface area contributed by atoms with Crippen molar-refractivity contribution in [3.05, 3.63) is 52.7 Å². The monoisotopic (exact) mass is 432 g/mol. The Kier molecular flexibility index (Phi) is 5.56. The Morgan fingerprint density at radius 2 is 1.65 bits per heavy atom. The van der Waals surface area contributed by atoms with Crippen LogP contribution < -0.4 is 10.2 Å². The largest absolute Gasteiger partial charge is 0.508 e. The van der Waals surface area contributed by atoms with Crippen LogP contribution in [0.3, 0.4) is 0 Å². The van der Waals surface area contributed by atoms with Gasteiger partial charge in [0.15, 0.2) is 5.43 Å². The van der Waals surface area contributed by atoms with Crippen LogP contribution in [0.25, 0.3) is 22.3 Å². The number of hydrogen-bond donors (Lipinski definition) is 6. The SMILES string of the molecule is O=c1cc(-c2ccc(O)cc2)oc2cc(O[C@@H]3O[C@H](CO)[C@@H](O)[C@H](O)C3O)cc(O)c12. The Morgan fingerprint density at radius 1 is 0.935 bits per heavy atom. The third-order valence-corrected chi connectivity index (χ3v) is 5.04. The van der Waals surface area contributed by atoms with Crippen molar-refractivity contribution in [1.82, 2.24) is 0 Å². The highest BCUT2D eigenvalue weighted by Crippen LogP contribution is 2.33. The first-order chi connectivity index (χ1) is 14.8. The van der Waals surface area contributed by atoms with Gasteiger partial charge < -0.3 is 44.5 Å². The van der Waals surface area contributed by atoms with Crippen molar-refractivity contribution >= 4 is 11.0 Å². The average Bonchev–Trinajstić information content (AvgIpc) is 2.74. The van der Waals surface area contributed by atoms with E-state index in [1.54, 1.807) is 12.1 Å². The van der Waals surface area contributed by atoms with Gasteiger partial charge in [0.2, 0.25) is 6.29 Å². The molecule has 10 nitrogen and oxygen atoms in total. The third kappa shape index (κ3) is 3.94. The van der Waals surface area contributed by atoms with Gasteiger partial charge >= 0.3 is 0 Å². The maximum Gasteiger partial charge on any atom is 0.229 e. The molecule has 10 heteroatoms. The number of fused-ring (bicyclic) bond motifs is 1. The van der Waals surface area contributed by atoms with E-state index in [1.807, 2.05) is 0 Å². The van der Waals surface area contributed by atoms with Crippen molar-refractivity contribution in [3.8, 4) is 28.6 Å². The molecule has 31 heavy (non-hydrogen) atoms. The summed E-state index contributed by atoms with van der Waals surface area (Å²) in [6, 6.07) is 9.56. The van der Waals surface area contributed by atoms with Gasteiger partial charge in [0, 0.05) is 23.8 Å². The molecule has 2 aromatic carbocycles. The average molecular weight is 432 g/mol. The number of rotatable bonds is 4. The predicted octanol–water partition coefficient (Wildman–Crippen LogP) is 0.0499. The number of phenolic OH excluding ortho intramolecular Hbond substituents is 2. The summed E-state index contributed by atoms with van der Waals surface area (Å²) in [5, 5.41) is 58.8. The van der Waals surface area contributed by atoms with E-state index in [-0.39, 0.29) is 28.2 Å². The first-order valence-electron chi connectivity index (χ1n) is 9.36. The number of aromatic hydroxyl groups is 2. The summed E-state index contributed by atoms with van der Waals surface area (Å²) < 4.78 is 16.5. The predicted molar refractivity (Wildman–Crippen MR) is 106 cm³/mol. The van der Waals surface area contributed by atoms with E-state index >= 15 is 0 Å². The van der Waals surface area contributed by atoms with Crippen LogP contribution in [-0.4, -0.2) is 68.0 Å². The molecule has 0 amide bonds. The van der Waals surface area contributed by atoms with Gasteiger partial charge in [-0.05, 0) is 24.3 Å². The molecule has 1 aliphatic heterocycles. The summed E-state index contributed by atoms with van der Waals surface area (Å²) in [7, 11) is 0. The molecule has 1 aromatic heterocycles. The van der Waals surface area contributed by atoms with Crippen LogP contribution >= 0.6 is 0 Å². The first kappa shape index (κ1) is 21.1. The molecule has 0 aliphatic carbocycles. The van der Waals surface area contributed by atoms with Gasteiger partial charge in [-0.2, -0.15) is 0 Å². The smallest absolute Gasteiger partial charge is 0.229 e. The quantitative estimate of drug-likeness (QED) is 0.331. The van der Waals surface area contributed by atoms with Gasteiger partial charge in [0.25, 0.3) is 0 Å². The highest BCUT2D eigenvalue weighted by molar-refractivity contribution is 5.86. The normalized spacial score (nSPS) is 26.1. The van der Waals surface area contributed by atoms with E-state index < -0.39 is 48.5 Å². The lowest BCUT2D eigenvalue weighted by atomic mass is 9.99. The van der Waals surface area contributed by atoms with Gasteiger partial charge in [-0.15, -0.1) is 0 Å². The van der Waals surface area contributed by atoms with E-state index in [2.05, 4.69) is 0 Å². The number of benzene rings is 2. The summed E-state index contributed by atoms with van der Waals surface area (Å²) in [5.74, 6) is -0.273. The zero-order valence-corrected chi connectivity index (χ0v) is 16.0. The molecule has 1 unspecified atom stereocenters. The van der Waals surface area contributed by atoms with Crippen molar-refractivity contribution in [2.45, 2.75) is 30.7 Å². The van der Waals surface area contributed by atoms with Gasteiger partial charge in [0.05, 0.1) is 6.61 Å². The van der Waals surface area contributed by atoms with Crippen LogP contribution in [0.15, 0.2) is 51.7 Å². The minimum absolute atomic E-state index is 0.0184. The maximum atomic E-state index is 12.5. The Hall–Kier alpha value is -3.15. The van der Waals surface area contributed by atoms with E-state index in [4.69, 9.17) is 13.9 Å². The van der Waals surface area contributed by atoms with Crippen LogP contribution in [-0.2, 0) is 4.74 Å². The molecular weight excluding hydrogens is 412 g/mol. The molecule has 1 aliphatic rings. The minimum atomic E-state index is -1.65. The van der Waals surface area contributed by atoms with Gasteiger partial charge in [0.1, 0.15) is 58.4 Å². The summed E-state index contributed by atoms with van der Waals surface area (Å²) in [4.78, 5) is 12.5. The number of hydrogen-bond acceptors (Lipinski definition) is 10. The Bertz CT molecular complexity index is 1140. The topological polar surface area (TPSA) is 170 Å². The minimum Gasteiger partial charge on any atom is -0.508 e. The lowest BCUT2D eigenvalue weighted by Crippen LogP contribution is -2.60.